The van der Waals surface area contributed by atoms with E-state index in [1.165, 1.54) is 0 Å². The monoisotopic (exact) mass is 242 g/mol. The van der Waals surface area contributed by atoms with Gasteiger partial charge in [0.15, 0.2) is 0 Å². The second-order valence-electron chi connectivity index (χ2n) is 5.33. The zero-order chi connectivity index (χ0) is 13.1. The third-order valence-electron chi connectivity index (χ3n) is 2.53. The highest BCUT2D eigenvalue weighted by molar-refractivity contribution is 5.76. The minimum Gasteiger partial charge on any atom is -0.444 e. The van der Waals surface area contributed by atoms with Crippen LogP contribution in [0.2, 0.25) is 0 Å². The van der Waals surface area contributed by atoms with Crippen LogP contribution in [0.1, 0.15) is 40.5 Å². The van der Waals surface area contributed by atoms with Crippen LogP contribution in [-0.4, -0.2) is 41.6 Å². The molecule has 1 atom stereocenters. The van der Waals surface area contributed by atoms with E-state index in [9.17, 15) is 9.59 Å². The third kappa shape index (κ3) is 4.63. The number of rotatable bonds is 2. The first-order chi connectivity index (χ1) is 7.81. The number of carbonyl (C=O) groups is 2. The van der Waals surface area contributed by atoms with E-state index in [1.807, 2.05) is 27.7 Å². The Hall–Kier alpha value is -1.26. The zero-order valence-electron chi connectivity index (χ0n) is 11.1. The lowest BCUT2D eigenvalue weighted by Crippen LogP contribution is -2.40. The van der Waals surface area contributed by atoms with E-state index in [4.69, 9.17) is 4.74 Å². The molecule has 5 nitrogen and oxygen atoms in total. The minimum absolute atomic E-state index is 0.0287. The van der Waals surface area contributed by atoms with Gasteiger partial charge in [-0.3, -0.25) is 4.79 Å². The number of ether oxygens (including phenoxy) is 1. The Morgan fingerprint density at radius 3 is 2.59 bits per heavy atom. The standard InChI is InChI=1S/C12H22N2O3/c1-5-10(15)13-9-6-7-14(8-9)11(16)17-12(2,3)4/h9H,5-8H2,1-4H3,(H,13,15)/t9-/m1/s1. The predicted molar refractivity (Wildman–Crippen MR) is 64.6 cm³/mol. The van der Waals surface area contributed by atoms with Crippen molar-refractivity contribution in [3.05, 3.63) is 0 Å². The van der Waals surface area contributed by atoms with Crippen molar-refractivity contribution in [2.45, 2.75) is 52.2 Å². The molecular formula is C12H22N2O3. The molecule has 0 unspecified atom stereocenters. The first-order valence-corrected chi connectivity index (χ1v) is 6.09. The maximum Gasteiger partial charge on any atom is 0.410 e. The van der Waals surface area contributed by atoms with Crippen LogP contribution in [0, 0.1) is 0 Å². The molecule has 1 aliphatic heterocycles. The molecule has 1 heterocycles. The number of likely N-dealkylation sites (tertiary alicyclic amines) is 1. The number of amides is 2. The summed E-state index contributed by atoms with van der Waals surface area (Å²) in [6, 6.07) is 0.0648. The summed E-state index contributed by atoms with van der Waals surface area (Å²) < 4.78 is 5.28. The van der Waals surface area contributed by atoms with Crippen LogP contribution in [0.25, 0.3) is 0 Å². The lowest BCUT2D eigenvalue weighted by atomic mass is 10.2. The smallest absolute Gasteiger partial charge is 0.410 e. The second kappa shape index (κ2) is 5.38. The quantitative estimate of drug-likeness (QED) is 0.798. The van der Waals surface area contributed by atoms with Gasteiger partial charge in [-0.15, -0.1) is 0 Å². The fourth-order valence-corrected chi connectivity index (χ4v) is 1.70. The average molecular weight is 242 g/mol. The van der Waals surface area contributed by atoms with E-state index in [2.05, 4.69) is 5.32 Å². The van der Waals surface area contributed by atoms with Gasteiger partial charge in [0.05, 0.1) is 0 Å². The highest BCUT2D eigenvalue weighted by Gasteiger charge is 2.30. The van der Waals surface area contributed by atoms with Crippen LogP contribution in [0.3, 0.4) is 0 Å². The molecule has 1 rings (SSSR count). The van der Waals surface area contributed by atoms with Gasteiger partial charge in [-0.25, -0.2) is 4.79 Å². The predicted octanol–water partition coefficient (Wildman–Crippen LogP) is 1.52. The highest BCUT2D eigenvalue weighted by Crippen LogP contribution is 2.15. The molecule has 0 aromatic carbocycles. The summed E-state index contributed by atoms with van der Waals surface area (Å²) in [6.45, 7) is 8.53. The number of hydrogen-bond donors (Lipinski definition) is 1. The van der Waals surface area contributed by atoms with Gasteiger partial charge in [0.1, 0.15) is 5.60 Å². The van der Waals surface area contributed by atoms with Gasteiger partial charge in [0, 0.05) is 25.6 Å². The molecule has 1 saturated heterocycles. The molecule has 5 heteroatoms. The Kier molecular flexibility index (Phi) is 4.37. The summed E-state index contributed by atoms with van der Waals surface area (Å²) in [7, 11) is 0. The van der Waals surface area contributed by atoms with Gasteiger partial charge >= 0.3 is 6.09 Å². The molecule has 0 aliphatic carbocycles. The van der Waals surface area contributed by atoms with Crippen LogP contribution in [0.4, 0.5) is 4.79 Å². The largest absolute Gasteiger partial charge is 0.444 e. The Morgan fingerprint density at radius 2 is 2.06 bits per heavy atom. The molecule has 1 aliphatic rings. The normalized spacial score (nSPS) is 20.2. The molecule has 1 N–H and O–H groups in total. The molecule has 98 valence electrons. The summed E-state index contributed by atoms with van der Waals surface area (Å²) in [6.07, 6.45) is 0.972. The number of carbonyl (C=O) groups excluding carboxylic acids is 2. The number of hydrogen-bond acceptors (Lipinski definition) is 3. The maximum atomic E-state index is 11.8. The zero-order valence-corrected chi connectivity index (χ0v) is 11.1. The summed E-state index contributed by atoms with van der Waals surface area (Å²) in [5.74, 6) is 0.0287. The van der Waals surface area contributed by atoms with E-state index in [1.54, 1.807) is 4.90 Å². The van der Waals surface area contributed by atoms with Crippen molar-refractivity contribution >= 4 is 12.0 Å². The van der Waals surface area contributed by atoms with Gasteiger partial charge < -0.3 is 15.0 Å². The molecule has 17 heavy (non-hydrogen) atoms. The SMILES string of the molecule is CCC(=O)N[C@@H]1CCN(C(=O)OC(C)(C)C)C1. The molecule has 0 bridgehead atoms. The Bertz CT molecular complexity index is 297. The number of nitrogens with zero attached hydrogens (tertiary/aromatic N) is 1. The second-order valence-corrected chi connectivity index (χ2v) is 5.33. The Balaban J connectivity index is 2.39. The van der Waals surface area contributed by atoms with E-state index in [-0.39, 0.29) is 18.0 Å². The average Bonchev–Trinajstić information content (AvgIpc) is 2.63. The third-order valence-corrected chi connectivity index (χ3v) is 2.53. The molecule has 0 aromatic heterocycles. The van der Waals surface area contributed by atoms with Gasteiger partial charge in [-0.1, -0.05) is 6.92 Å². The van der Waals surface area contributed by atoms with Crippen molar-refractivity contribution in [2.24, 2.45) is 0 Å². The van der Waals surface area contributed by atoms with Gasteiger partial charge in [0.2, 0.25) is 5.91 Å². The van der Waals surface area contributed by atoms with Crippen molar-refractivity contribution in [3.8, 4) is 0 Å². The molecule has 0 spiro atoms. The summed E-state index contributed by atoms with van der Waals surface area (Å²) >= 11 is 0. The van der Waals surface area contributed by atoms with Crippen molar-refractivity contribution < 1.29 is 14.3 Å². The summed E-state index contributed by atoms with van der Waals surface area (Å²) in [4.78, 5) is 24.6. The van der Waals surface area contributed by atoms with E-state index < -0.39 is 5.60 Å². The van der Waals surface area contributed by atoms with Crippen LogP contribution in [0.15, 0.2) is 0 Å². The summed E-state index contributed by atoms with van der Waals surface area (Å²) in [5, 5.41) is 2.89. The molecule has 1 fully saturated rings. The van der Waals surface area contributed by atoms with Crippen LogP contribution >= 0.6 is 0 Å². The van der Waals surface area contributed by atoms with Gasteiger partial charge in [-0.05, 0) is 27.2 Å². The van der Waals surface area contributed by atoms with Crippen LogP contribution in [0.5, 0.6) is 0 Å². The molecule has 0 saturated carbocycles. The Labute approximate surface area is 102 Å². The van der Waals surface area contributed by atoms with Crippen molar-refractivity contribution in [2.75, 3.05) is 13.1 Å². The van der Waals surface area contributed by atoms with E-state index >= 15 is 0 Å². The van der Waals surface area contributed by atoms with Gasteiger partial charge in [-0.2, -0.15) is 0 Å². The number of nitrogens with one attached hydrogen (secondary N) is 1. The fourth-order valence-electron chi connectivity index (χ4n) is 1.70. The first kappa shape index (κ1) is 13.8. The maximum absolute atomic E-state index is 11.8. The summed E-state index contributed by atoms with van der Waals surface area (Å²) in [5.41, 5.74) is -0.470. The van der Waals surface area contributed by atoms with Gasteiger partial charge in [0.25, 0.3) is 0 Å². The Morgan fingerprint density at radius 1 is 1.41 bits per heavy atom. The molecule has 2 amide bonds. The molecule has 0 radical (unpaired) electrons. The minimum atomic E-state index is -0.470. The lowest BCUT2D eigenvalue weighted by Gasteiger charge is -2.24. The topological polar surface area (TPSA) is 58.6 Å². The van der Waals surface area contributed by atoms with Crippen molar-refractivity contribution in [3.63, 3.8) is 0 Å². The lowest BCUT2D eigenvalue weighted by molar-refractivity contribution is -0.121. The molecular weight excluding hydrogens is 220 g/mol. The highest BCUT2D eigenvalue weighted by atomic mass is 16.6. The molecule has 0 aromatic rings. The van der Waals surface area contributed by atoms with Crippen LogP contribution in [-0.2, 0) is 9.53 Å². The van der Waals surface area contributed by atoms with E-state index in [0.29, 0.717) is 19.5 Å². The van der Waals surface area contributed by atoms with Crippen LogP contribution < -0.4 is 5.32 Å². The van der Waals surface area contributed by atoms with E-state index in [0.717, 1.165) is 6.42 Å². The first-order valence-electron chi connectivity index (χ1n) is 6.09. The van der Waals surface area contributed by atoms with Crippen molar-refractivity contribution in [1.82, 2.24) is 10.2 Å². The fraction of sp³-hybridized carbons (Fsp3) is 0.833. The van der Waals surface area contributed by atoms with Crippen molar-refractivity contribution in [1.29, 1.82) is 0 Å².